The Hall–Kier alpha value is -1.99. The number of carbonyl (C=O) groups excluding carboxylic acids is 1. The maximum atomic E-state index is 12.5. The molecule has 1 aromatic carbocycles. The molecule has 0 amide bonds. The zero-order valence-electron chi connectivity index (χ0n) is 14.1. The van der Waals surface area contributed by atoms with Gasteiger partial charge in [-0.3, -0.25) is 0 Å². The Bertz CT molecular complexity index is 592. The fraction of sp³-hybridized carbons (Fsp3) is 0.588. The van der Waals surface area contributed by atoms with Crippen molar-refractivity contribution in [1.29, 1.82) is 0 Å². The van der Waals surface area contributed by atoms with E-state index in [0.29, 0.717) is 42.1 Å². The largest absolute Gasteiger partial charge is 0.493 e. The zero-order valence-corrected chi connectivity index (χ0v) is 14.1. The normalized spacial score (nSPS) is 28.3. The Balaban J connectivity index is 1.75. The number of benzene rings is 1. The number of piperidine rings is 1. The quantitative estimate of drug-likeness (QED) is 0.779. The number of aliphatic hydroxyl groups is 1. The van der Waals surface area contributed by atoms with Crippen molar-refractivity contribution in [2.75, 3.05) is 21.3 Å². The number of rotatable bonds is 5. The van der Waals surface area contributed by atoms with Gasteiger partial charge in [-0.15, -0.1) is 0 Å². The van der Waals surface area contributed by atoms with E-state index in [4.69, 9.17) is 18.9 Å². The fourth-order valence-corrected chi connectivity index (χ4v) is 3.54. The summed E-state index contributed by atoms with van der Waals surface area (Å²) in [6.45, 7) is 0. The second-order valence-corrected chi connectivity index (χ2v) is 6.19. The lowest BCUT2D eigenvalue weighted by atomic mass is 10.0. The Labute approximate surface area is 140 Å². The molecule has 0 unspecified atom stereocenters. The lowest BCUT2D eigenvalue weighted by molar-refractivity contribution is 0.0146. The number of carbonyl (C=O) groups is 1. The van der Waals surface area contributed by atoms with Gasteiger partial charge in [0.15, 0.2) is 11.5 Å². The van der Waals surface area contributed by atoms with Crippen molar-refractivity contribution in [1.82, 2.24) is 5.32 Å². The van der Waals surface area contributed by atoms with E-state index in [2.05, 4.69) is 5.32 Å². The minimum atomic E-state index is -0.435. The van der Waals surface area contributed by atoms with Crippen molar-refractivity contribution in [2.24, 2.45) is 0 Å². The molecule has 2 bridgehead atoms. The molecule has 3 rings (SSSR count). The second-order valence-electron chi connectivity index (χ2n) is 6.19. The van der Waals surface area contributed by atoms with Gasteiger partial charge in [-0.05, 0) is 25.0 Å². The second kappa shape index (κ2) is 6.86. The molecule has 2 N–H and O–H groups in total. The third kappa shape index (κ3) is 3.14. The van der Waals surface area contributed by atoms with E-state index in [1.54, 1.807) is 12.1 Å². The van der Waals surface area contributed by atoms with Crippen LogP contribution < -0.4 is 19.5 Å². The van der Waals surface area contributed by atoms with Crippen LogP contribution in [-0.2, 0) is 4.74 Å². The zero-order chi connectivity index (χ0) is 17.3. The van der Waals surface area contributed by atoms with Gasteiger partial charge in [0.1, 0.15) is 6.10 Å². The van der Waals surface area contributed by atoms with Crippen LogP contribution in [0.15, 0.2) is 12.1 Å². The lowest BCUT2D eigenvalue weighted by Crippen LogP contribution is -2.44. The van der Waals surface area contributed by atoms with Crippen LogP contribution in [0.3, 0.4) is 0 Å². The molecule has 1 aromatic rings. The van der Waals surface area contributed by atoms with Crippen LogP contribution in [0.4, 0.5) is 0 Å². The molecule has 0 aliphatic carbocycles. The number of hydrogen-bond donors (Lipinski definition) is 2. The summed E-state index contributed by atoms with van der Waals surface area (Å²) in [5.41, 5.74) is 0.343. The molecular weight excluding hydrogens is 314 g/mol. The number of hydrogen-bond acceptors (Lipinski definition) is 7. The number of esters is 1. The predicted molar refractivity (Wildman–Crippen MR) is 85.9 cm³/mol. The first-order valence-corrected chi connectivity index (χ1v) is 8.00. The van der Waals surface area contributed by atoms with Crippen LogP contribution in [0.1, 0.15) is 29.6 Å². The van der Waals surface area contributed by atoms with Gasteiger partial charge in [-0.2, -0.15) is 0 Å². The number of methoxy groups -OCH3 is 3. The smallest absolute Gasteiger partial charge is 0.338 e. The molecule has 0 radical (unpaired) electrons. The molecule has 2 aliphatic heterocycles. The summed E-state index contributed by atoms with van der Waals surface area (Å²) >= 11 is 0. The Morgan fingerprint density at radius 3 is 2.29 bits per heavy atom. The predicted octanol–water partition coefficient (Wildman–Crippen LogP) is 1.12. The van der Waals surface area contributed by atoms with Crippen molar-refractivity contribution in [2.45, 2.75) is 43.6 Å². The van der Waals surface area contributed by atoms with Crippen molar-refractivity contribution < 1.29 is 28.8 Å². The molecule has 0 saturated carbocycles. The van der Waals surface area contributed by atoms with Crippen LogP contribution in [0.2, 0.25) is 0 Å². The molecular formula is C17H23NO6. The Kier molecular flexibility index (Phi) is 4.82. The molecule has 4 atom stereocenters. The summed E-state index contributed by atoms with van der Waals surface area (Å²) in [6, 6.07) is 3.36. The van der Waals surface area contributed by atoms with Crippen LogP contribution >= 0.6 is 0 Å². The van der Waals surface area contributed by atoms with E-state index in [-0.39, 0.29) is 24.3 Å². The molecule has 0 aromatic heterocycles. The maximum Gasteiger partial charge on any atom is 0.338 e. The highest BCUT2D eigenvalue weighted by molar-refractivity contribution is 5.91. The van der Waals surface area contributed by atoms with Gasteiger partial charge in [0.2, 0.25) is 5.75 Å². The molecule has 0 spiro atoms. The lowest BCUT2D eigenvalue weighted by Gasteiger charge is -2.29. The summed E-state index contributed by atoms with van der Waals surface area (Å²) in [7, 11) is 4.51. The Morgan fingerprint density at radius 1 is 1.08 bits per heavy atom. The molecule has 24 heavy (non-hydrogen) atoms. The van der Waals surface area contributed by atoms with E-state index >= 15 is 0 Å². The summed E-state index contributed by atoms with van der Waals surface area (Å²) in [4.78, 5) is 12.5. The van der Waals surface area contributed by atoms with Crippen molar-refractivity contribution in [3.05, 3.63) is 17.7 Å². The highest BCUT2D eigenvalue weighted by atomic mass is 16.5. The standard InChI is InChI=1S/C17H23NO6/c1-21-14-4-9(5-15(22-2)16(14)23-3)17(20)24-11-6-10-7-13(19)12(8-11)18-10/h4-5,10-13,18-19H,6-8H2,1-3H3/t10-,11+,12+,13-/m0/s1. The SMILES string of the molecule is COc1cc(C(=O)O[C@@H]2C[C@H]3C[C@H](O)[C@@H](C2)N3)cc(OC)c1OC. The minimum absolute atomic E-state index is 0.00138. The highest BCUT2D eigenvalue weighted by Crippen LogP contribution is 2.38. The highest BCUT2D eigenvalue weighted by Gasteiger charge is 2.41. The average Bonchev–Trinajstić information content (AvgIpc) is 2.85. The van der Waals surface area contributed by atoms with E-state index in [9.17, 15) is 9.90 Å². The first-order chi connectivity index (χ1) is 11.5. The fourth-order valence-electron chi connectivity index (χ4n) is 3.54. The topological polar surface area (TPSA) is 86.3 Å². The van der Waals surface area contributed by atoms with E-state index in [1.165, 1.54) is 21.3 Å². The van der Waals surface area contributed by atoms with Crippen LogP contribution in [-0.4, -0.2) is 56.7 Å². The van der Waals surface area contributed by atoms with Crippen molar-refractivity contribution in [3.63, 3.8) is 0 Å². The average molecular weight is 337 g/mol. The van der Waals surface area contributed by atoms with E-state index < -0.39 is 5.97 Å². The summed E-state index contributed by atoms with van der Waals surface area (Å²) < 4.78 is 21.4. The first-order valence-electron chi connectivity index (χ1n) is 8.00. The van der Waals surface area contributed by atoms with Crippen LogP contribution in [0.5, 0.6) is 17.2 Å². The number of aliphatic hydroxyl groups excluding tert-OH is 1. The van der Waals surface area contributed by atoms with Gasteiger partial charge in [-0.25, -0.2) is 4.79 Å². The van der Waals surface area contributed by atoms with Crippen LogP contribution in [0, 0.1) is 0 Å². The van der Waals surface area contributed by atoms with E-state index in [1.807, 2.05) is 0 Å². The molecule has 7 heteroatoms. The van der Waals surface area contributed by atoms with Crippen LogP contribution in [0.25, 0.3) is 0 Å². The molecule has 132 valence electrons. The molecule has 2 saturated heterocycles. The van der Waals surface area contributed by atoms with Gasteiger partial charge in [0, 0.05) is 18.5 Å². The monoisotopic (exact) mass is 337 g/mol. The van der Waals surface area contributed by atoms with Gasteiger partial charge in [0.25, 0.3) is 0 Å². The van der Waals surface area contributed by atoms with Gasteiger partial charge in [0.05, 0.1) is 33.0 Å². The van der Waals surface area contributed by atoms with Crippen molar-refractivity contribution in [3.8, 4) is 17.2 Å². The molecule has 7 nitrogen and oxygen atoms in total. The maximum absolute atomic E-state index is 12.5. The minimum Gasteiger partial charge on any atom is -0.493 e. The third-order valence-electron chi connectivity index (χ3n) is 4.68. The summed E-state index contributed by atoms with van der Waals surface area (Å²) in [6.07, 6.45) is 1.48. The first kappa shape index (κ1) is 16.9. The summed E-state index contributed by atoms with van der Waals surface area (Å²) in [5, 5.41) is 13.2. The van der Waals surface area contributed by atoms with Gasteiger partial charge < -0.3 is 29.4 Å². The molecule has 2 aliphatic rings. The van der Waals surface area contributed by atoms with Gasteiger partial charge in [-0.1, -0.05) is 0 Å². The molecule has 2 heterocycles. The molecule has 2 fully saturated rings. The van der Waals surface area contributed by atoms with Gasteiger partial charge >= 0.3 is 5.97 Å². The number of nitrogens with one attached hydrogen (secondary N) is 1. The number of fused-ring (bicyclic) bond motifs is 2. The summed E-state index contributed by atoms with van der Waals surface area (Å²) in [5.74, 6) is 0.809. The van der Waals surface area contributed by atoms with E-state index in [0.717, 1.165) is 0 Å². The Morgan fingerprint density at radius 2 is 1.75 bits per heavy atom. The third-order valence-corrected chi connectivity index (χ3v) is 4.68. The number of ether oxygens (including phenoxy) is 4. The van der Waals surface area contributed by atoms with Crippen molar-refractivity contribution >= 4 is 5.97 Å².